The summed E-state index contributed by atoms with van der Waals surface area (Å²) in [5.41, 5.74) is 5.02. The van der Waals surface area contributed by atoms with Gasteiger partial charge < -0.3 is 9.73 Å². The smallest absolute Gasteiger partial charge is 0.257 e. The molecule has 0 aliphatic heterocycles. The third-order valence-corrected chi connectivity index (χ3v) is 5.64. The van der Waals surface area contributed by atoms with Crippen LogP contribution in [0.5, 0.6) is 0 Å². The molecule has 1 amide bonds. The van der Waals surface area contributed by atoms with E-state index < -0.39 is 0 Å². The molecule has 0 aliphatic carbocycles. The molecule has 7 heteroatoms. The Hall–Kier alpha value is -3.22. The number of amides is 1. The summed E-state index contributed by atoms with van der Waals surface area (Å²) in [6, 6.07) is 20.6. The van der Waals surface area contributed by atoms with Crippen LogP contribution in [-0.2, 0) is 11.8 Å². The topological polar surface area (TPSA) is 67.2 Å². The third-order valence-electron chi connectivity index (χ3n) is 5.20. The molecule has 1 heterocycles. The largest absolute Gasteiger partial charge is 0.440 e. The first-order chi connectivity index (χ1) is 15.7. The highest BCUT2D eigenvalue weighted by Gasteiger charge is 2.15. The lowest BCUT2D eigenvalue weighted by molar-refractivity contribution is 0.0977. The number of hydrogen-bond donors (Lipinski definition) is 2. The van der Waals surface area contributed by atoms with E-state index in [0.29, 0.717) is 28.5 Å². The molecule has 0 atom stereocenters. The number of nitrogens with one attached hydrogen (secondary N) is 2. The molecule has 168 valence electrons. The summed E-state index contributed by atoms with van der Waals surface area (Å²) in [4.78, 5) is 17.0. The Morgan fingerprint density at radius 3 is 2.39 bits per heavy atom. The molecule has 0 bridgehead atoms. The van der Waals surface area contributed by atoms with Crippen LogP contribution in [0.25, 0.3) is 11.1 Å². The number of nitrogens with zero attached hydrogens (tertiary/aromatic N) is 1. The maximum absolute atomic E-state index is 12.5. The lowest BCUT2D eigenvalue weighted by atomic mass is 9.87. The molecule has 0 fully saturated rings. The van der Waals surface area contributed by atoms with E-state index in [2.05, 4.69) is 36.4 Å². The van der Waals surface area contributed by atoms with Crippen LogP contribution in [0, 0.1) is 0 Å². The molecule has 0 aliphatic rings. The van der Waals surface area contributed by atoms with Gasteiger partial charge in [0.25, 0.3) is 5.91 Å². The van der Waals surface area contributed by atoms with Crippen molar-refractivity contribution in [3.8, 4) is 0 Å². The van der Waals surface area contributed by atoms with Gasteiger partial charge in [-0.1, -0.05) is 56.6 Å². The molecular formula is C26H24ClN3O2S. The number of halogens is 1. The second-order valence-electron chi connectivity index (χ2n) is 8.83. The highest BCUT2D eigenvalue weighted by atomic mass is 35.5. The number of fused-ring (bicyclic) bond motifs is 1. The first-order valence-corrected chi connectivity index (χ1v) is 11.3. The van der Waals surface area contributed by atoms with Gasteiger partial charge in [-0.25, -0.2) is 4.98 Å². The van der Waals surface area contributed by atoms with E-state index in [1.807, 2.05) is 54.6 Å². The van der Waals surface area contributed by atoms with Gasteiger partial charge in [0.15, 0.2) is 16.6 Å². The summed E-state index contributed by atoms with van der Waals surface area (Å²) in [6.45, 7) is 6.40. The Morgan fingerprint density at radius 1 is 1.03 bits per heavy atom. The molecular weight excluding hydrogens is 454 g/mol. The van der Waals surface area contributed by atoms with Crippen LogP contribution >= 0.6 is 23.8 Å². The Morgan fingerprint density at radius 2 is 1.73 bits per heavy atom. The number of carbonyl (C=O) groups is 1. The second-order valence-corrected chi connectivity index (χ2v) is 9.67. The average Bonchev–Trinajstić information content (AvgIpc) is 3.16. The lowest BCUT2D eigenvalue weighted by Crippen LogP contribution is -2.34. The molecule has 33 heavy (non-hydrogen) atoms. The number of hydrogen-bond acceptors (Lipinski definition) is 4. The van der Waals surface area contributed by atoms with Crippen molar-refractivity contribution >= 4 is 51.6 Å². The Kier molecular flexibility index (Phi) is 6.49. The first-order valence-electron chi connectivity index (χ1n) is 10.5. The highest BCUT2D eigenvalue weighted by molar-refractivity contribution is 7.80. The van der Waals surface area contributed by atoms with E-state index in [0.717, 1.165) is 16.8 Å². The van der Waals surface area contributed by atoms with E-state index >= 15 is 0 Å². The van der Waals surface area contributed by atoms with Crippen molar-refractivity contribution in [3.05, 3.63) is 94.3 Å². The molecule has 0 radical (unpaired) electrons. The summed E-state index contributed by atoms with van der Waals surface area (Å²) in [5.74, 6) is 0.369. The maximum Gasteiger partial charge on any atom is 0.257 e. The summed E-state index contributed by atoms with van der Waals surface area (Å²) < 4.78 is 5.78. The number of rotatable bonds is 4. The first kappa shape index (κ1) is 23.0. The molecule has 0 unspecified atom stereocenters. The molecule has 3 aromatic carbocycles. The van der Waals surface area contributed by atoms with Crippen molar-refractivity contribution in [1.82, 2.24) is 10.3 Å². The zero-order chi connectivity index (χ0) is 23.6. The third kappa shape index (κ3) is 5.78. The molecule has 4 aromatic rings. The van der Waals surface area contributed by atoms with Gasteiger partial charge in [0, 0.05) is 22.7 Å². The molecule has 5 nitrogen and oxygen atoms in total. The fourth-order valence-electron chi connectivity index (χ4n) is 3.36. The number of carbonyl (C=O) groups excluding carboxylic acids is 1. The Bertz CT molecular complexity index is 1310. The van der Waals surface area contributed by atoms with Crippen LogP contribution < -0.4 is 10.6 Å². The number of oxazole rings is 1. The van der Waals surface area contributed by atoms with Crippen molar-refractivity contribution < 1.29 is 9.21 Å². The van der Waals surface area contributed by atoms with Crippen LogP contribution in [0.3, 0.4) is 0 Å². The summed E-state index contributed by atoms with van der Waals surface area (Å²) in [7, 11) is 0. The molecule has 0 saturated heterocycles. The summed E-state index contributed by atoms with van der Waals surface area (Å²) in [6.07, 6.45) is 0.554. The van der Waals surface area contributed by atoms with Crippen molar-refractivity contribution in [2.24, 2.45) is 0 Å². The quantitative estimate of drug-likeness (QED) is 0.328. The number of thiocarbonyl (C=S) groups is 1. The van der Waals surface area contributed by atoms with Crippen LogP contribution in [0.2, 0.25) is 5.02 Å². The summed E-state index contributed by atoms with van der Waals surface area (Å²) in [5, 5.41) is 6.63. The van der Waals surface area contributed by atoms with Crippen molar-refractivity contribution in [2.75, 3.05) is 5.32 Å². The van der Waals surface area contributed by atoms with Gasteiger partial charge in [0.2, 0.25) is 0 Å². The molecule has 1 aromatic heterocycles. The Labute approximate surface area is 203 Å². The van der Waals surface area contributed by atoms with Gasteiger partial charge in [-0.15, -0.1) is 0 Å². The van der Waals surface area contributed by atoms with Crippen LogP contribution in [0.15, 0.2) is 71.1 Å². The SMILES string of the molecule is CC(C)(C)c1ccc(C(=O)NC(=S)Nc2ccc(Cc3nc4cc(Cl)ccc4o3)cc2)cc1. The minimum absolute atomic E-state index is 0.0339. The van der Waals surface area contributed by atoms with Gasteiger partial charge in [-0.3, -0.25) is 10.1 Å². The minimum Gasteiger partial charge on any atom is -0.440 e. The summed E-state index contributed by atoms with van der Waals surface area (Å²) >= 11 is 11.3. The predicted molar refractivity (Wildman–Crippen MR) is 137 cm³/mol. The van der Waals surface area contributed by atoms with Crippen molar-refractivity contribution in [2.45, 2.75) is 32.6 Å². The van der Waals surface area contributed by atoms with Gasteiger partial charge in [0.1, 0.15) is 5.52 Å². The van der Waals surface area contributed by atoms with E-state index in [1.165, 1.54) is 5.56 Å². The lowest BCUT2D eigenvalue weighted by Gasteiger charge is -2.19. The average molecular weight is 478 g/mol. The second kappa shape index (κ2) is 9.33. The van der Waals surface area contributed by atoms with Crippen molar-refractivity contribution in [3.63, 3.8) is 0 Å². The fourth-order valence-corrected chi connectivity index (χ4v) is 3.74. The standard InChI is InChI=1S/C26H24ClN3O2S/c1-26(2,3)18-8-6-17(7-9-18)24(31)30-25(33)28-20-11-4-16(5-12-20)14-23-29-21-15-19(27)10-13-22(21)32-23/h4-13,15H,14H2,1-3H3,(H2,28,30,31,33). The number of benzene rings is 3. The van der Waals surface area contributed by atoms with Gasteiger partial charge >= 0.3 is 0 Å². The Balaban J connectivity index is 1.34. The van der Waals surface area contributed by atoms with Gasteiger partial charge in [-0.2, -0.15) is 0 Å². The molecule has 4 rings (SSSR count). The molecule has 2 N–H and O–H groups in total. The highest BCUT2D eigenvalue weighted by Crippen LogP contribution is 2.23. The minimum atomic E-state index is -0.249. The number of anilines is 1. The molecule has 0 saturated carbocycles. The molecule has 0 spiro atoms. The van der Waals surface area contributed by atoms with Crippen LogP contribution in [-0.4, -0.2) is 16.0 Å². The maximum atomic E-state index is 12.5. The zero-order valence-electron chi connectivity index (χ0n) is 18.6. The normalized spacial score (nSPS) is 11.4. The fraction of sp³-hybridized carbons (Fsp3) is 0.192. The number of aromatic nitrogens is 1. The van der Waals surface area contributed by atoms with E-state index in [9.17, 15) is 4.79 Å². The van der Waals surface area contributed by atoms with Gasteiger partial charge in [-0.05, 0) is 71.2 Å². The van der Waals surface area contributed by atoms with E-state index in [1.54, 1.807) is 12.1 Å². The van der Waals surface area contributed by atoms with E-state index in [4.69, 9.17) is 28.2 Å². The van der Waals surface area contributed by atoms with E-state index in [-0.39, 0.29) is 16.4 Å². The van der Waals surface area contributed by atoms with Crippen molar-refractivity contribution in [1.29, 1.82) is 0 Å². The monoisotopic (exact) mass is 477 g/mol. The zero-order valence-corrected chi connectivity index (χ0v) is 20.2. The predicted octanol–water partition coefficient (Wildman–Crippen LogP) is 6.50. The van der Waals surface area contributed by atoms with Crippen LogP contribution in [0.4, 0.5) is 5.69 Å². The van der Waals surface area contributed by atoms with Gasteiger partial charge in [0.05, 0.1) is 0 Å². The van der Waals surface area contributed by atoms with Crippen LogP contribution in [0.1, 0.15) is 48.1 Å².